The van der Waals surface area contributed by atoms with Crippen LogP contribution in [0.3, 0.4) is 0 Å². The first-order valence-corrected chi connectivity index (χ1v) is 20.0. The summed E-state index contributed by atoms with van der Waals surface area (Å²) in [5, 5.41) is 0. The number of amides is 2. The Labute approximate surface area is 322 Å². The van der Waals surface area contributed by atoms with Crippen molar-refractivity contribution in [2.45, 2.75) is 116 Å². The third kappa shape index (κ3) is 9.89. The molecule has 0 unspecified atom stereocenters. The van der Waals surface area contributed by atoms with Gasteiger partial charge < -0.3 is 19.3 Å². The van der Waals surface area contributed by atoms with Gasteiger partial charge in [-0.25, -0.2) is 22.9 Å². The second kappa shape index (κ2) is 15.6. The first kappa shape index (κ1) is 41.8. The molecule has 0 radical (unpaired) electrons. The Bertz CT molecular complexity index is 1960. The van der Waals surface area contributed by atoms with Crippen LogP contribution in [0, 0.1) is 31.6 Å². The fourth-order valence-corrected chi connectivity index (χ4v) is 8.56. The molecule has 2 aromatic carbocycles. The highest BCUT2D eigenvalue weighted by molar-refractivity contribution is 7.92. The quantitative estimate of drug-likeness (QED) is 0.182. The molecular weight excluding hydrogens is 736 g/mol. The van der Waals surface area contributed by atoms with Crippen LogP contribution in [-0.2, 0) is 19.6 Å². The number of nitrogens with one attached hydrogen (secondary N) is 1. The van der Waals surface area contributed by atoms with E-state index in [0.29, 0.717) is 56.4 Å². The molecule has 2 amide bonds. The normalized spacial score (nSPS) is 17.0. The fourth-order valence-electron chi connectivity index (χ4n) is 7.51. The molecule has 1 saturated carbocycles. The van der Waals surface area contributed by atoms with Crippen LogP contribution >= 0.6 is 0 Å². The SMILES string of the molecule is Cc1cccc(S(=O)(=O)Nc2nc(OC[C@@H](CC(C)(C)C(F)(F)F)N(C=O)C3CC4(CCN(C(=O)OC(C)(C)C)CC4)C3)cc(-c3c(C)cccc3C)n2)c1. The number of ether oxygens (including phenoxy) is 2. The van der Waals surface area contributed by atoms with Gasteiger partial charge in [0.15, 0.2) is 0 Å². The molecule has 1 aliphatic carbocycles. The lowest BCUT2D eigenvalue weighted by Gasteiger charge is -2.55. The minimum absolute atomic E-state index is 0.000832. The molecule has 1 atom stereocenters. The molecule has 11 nitrogen and oxygen atoms in total. The van der Waals surface area contributed by atoms with Crippen LogP contribution in [0.15, 0.2) is 53.4 Å². The number of carbonyl (C=O) groups excluding carboxylic acids is 2. The van der Waals surface area contributed by atoms with Crippen molar-refractivity contribution in [1.29, 1.82) is 0 Å². The van der Waals surface area contributed by atoms with Crippen LogP contribution < -0.4 is 9.46 Å². The number of piperidine rings is 1. The fraction of sp³-hybridized carbons (Fsp3) is 0.550. The van der Waals surface area contributed by atoms with Crippen LogP contribution in [0.4, 0.5) is 23.9 Å². The van der Waals surface area contributed by atoms with Gasteiger partial charge >= 0.3 is 12.3 Å². The number of alkyl halides is 3. The predicted molar refractivity (Wildman–Crippen MR) is 203 cm³/mol. The number of rotatable bonds is 12. The van der Waals surface area contributed by atoms with Gasteiger partial charge in [-0.15, -0.1) is 0 Å². The Balaban J connectivity index is 1.41. The van der Waals surface area contributed by atoms with Crippen molar-refractivity contribution < 1.29 is 40.7 Å². The van der Waals surface area contributed by atoms with Gasteiger partial charge in [-0.1, -0.05) is 44.2 Å². The van der Waals surface area contributed by atoms with Gasteiger partial charge in [0.1, 0.15) is 12.2 Å². The van der Waals surface area contributed by atoms with E-state index in [4.69, 9.17) is 9.47 Å². The van der Waals surface area contributed by atoms with E-state index in [1.807, 2.05) is 52.8 Å². The zero-order valence-electron chi connectivity index (χ0n) is 32.8. The number of nitrogens with zero attached hydrogens (tertiary/aromatic N) is 4. The summed E-state index contributed by atoms with van der Waals surface area (Å²) >= 11 is 0. The summed E-state index contributed by atoms with van der Waals surface area (Å²) in [5.74, 6) is -0.357. The summed E-state index contributed by atoms with van der Waals surface area (Å²) in [4.78, 5) is 37.4. The van der Waals surface area contributed by atoms with Crippen LogP contribution in [0.5, 0.6) is 5.88 Å². The number of carbonyl (C=O) groups is 2. The molecule has 300 valence electrons. The number of anilines is 1. The number of aromatic nitrogens is 2. The maximum Gasteiger partial charge on any atom is 0.410 e. The zero-order valence-corrected chi connectivity index (χ0v) is 33.6. The molecule has 2 fully saturated rings. The molecule has 2 heterocycles. The first-order valence-electron chi connectivity index (χ1n) is 18.5. The van der Waals surface area contributed by atoms with Crippen molar-refractivity contribution in [2.75, 3.05) is 24.4 Å². The van der Waals surface area contributed by atoms with Gasteiger partial charge in [0.2, 0.25) is 18.2 Å². The van der Waals surface area contributed by atoms with Crippen LogP contribution in [0.1, 0.15) is 83.4 Å². The van der Waals surface area contributed by atoms with E-state index in [1.54, 1.807) is 24.0 Å². The van der Waals surface area contributed by atoms with Crippen molar-refractivity contribution in [3.8, 4) is 17.1 Å². The van der Waals surface area contributed by atoms with Gasteiger partial charge in [0.05, 0.1) is 22.0 Å². The third-order valence-electron chi connectivity index (χ3n) is 10.7. The Hall–Kier alpha value is -4.40. The molecule has 1 spiro atoms. The van der Waals surface area contributed by atoms with E-state index in [-0.39, 0.29) is 40.9 Å². The van der Waals surface area contributed by atoms with E-state index in [1.165, 1.54) is 23.1 Å². The highest BCUT2D eigenvalue weighted by Crippen LogP contribution is 2.52. The molecule has 15 heteroatoms. The van der Waals surface area contributed by atoms with Gasteiger partial charge in [-0.05, 0) is 108 Å². The molecule has 1 N–H and O–H groups in total. The average molecular weight is 788 g/mol. The standard InChI is InChI=1S/C40H52F3N5O6S/c1-26-11-9-14-31(19-26)55(51,52)46-35-44-32(34-27(2)12-10-13-28(34)3)20-33(45-35)53-24-30(21-38(7,8)40(41,42)43)48(25-49)29-22-39(23-29)15-17-47(18-16-39)36(50)54-37(4,5)6/h9-14,19-20,25,29-30H,15-18,21-24H2,1-8H3,(H,44,45,46)/t30-/m1/s1. The number of hydrogen-bond donors (Lipinski definition) is 1. The molecular formula is C40H52F3N5O6S. The number of benzene rings is 2. The first-order chi connectivity index (χ1) is 25.5. The summed E-state index contributed by atoms with van der Waals surface area (Å²) in [6.07, 6.45) is -2.28. The Morgan fingerprint density at radius 3 is 2.18 bits per heavy atom. The molecule has 3 aromatic rings. The van der Waals surface area contributed by atoms with Crippen LogP contribution in [0.25, 0.3) is 11.3 Å². The topological polar surface area (TPSA) is 131 Å². The highest BCUT2D eigenvalue weighted by Gasteiger charge is 2.53. The van der Waals surface area contributed by atoms with Gasteiger partial charge in [-0.2, -0.15) is 18.2 Å². The molecule has 1 aromatic heterocycles. The minimum atomic E-state index is -4.57. The van der Waals surface area contributed by atoms with E-state index in [0.717, 1.165) is 30.5 Å². The number of halogens is 3. The molecule has 5 rings (SSSR count). The zero-order chi connectivity index (χ0) is 40.6. The second-order valence-electron chi connectivity index (χ2n) is 16.7. The number of hydrogen-bond acceptors (Lipinski definition) is 8. The second-order valence-corrected chi connectivity index (χ2v) is 18.4. The predicted octanol–water partition coefficient (Wildman–Crippen LogP) is 8.23. The molecule has 0 bridgehead atoms. The molecule has 1 saturated heterocycles. The average Bonchev–Trinajstić information content (AvgIpc) is 3.05. The third-order valence-corrected chi connectivity index (χ3v) is 12.0. The van der Waals surface area contributed by atoms with Crippen molar-refractivity contribution >= 4 is 28.5 Å². The van der Waals surface area contributed by atoms with Crippen molar-refractivity contribution in [1.82, 2.24) is 19.8 Å². The van der Waals surface area contributed by atoms with Gasteiger partial charge in [-0.3, -0.25) is 4.79 Å². The lowest BCUT2D eigenvalue weighted by Crippen LogP contribution is -2.59. The van der Waals surface area contributed by atoms with Crippen LogP contribution in [-0.4, -0.2) is 84.2 Å². The molecule has 55 heavy (non-hydrogen) atoms. The Kier molecular flexibility index (Phi) is 11.9. The summed E-state index contributed by atoms with van der Waals surface area (Å²) in [5.41, 5.74) is 0.553. The maximum atomic E-state index is 14.3. The summed E-state index contributed by atoms with van der Waals surface area (Å²) in [7, 11) is -4.14. The Morgan fingerprint density at radius 1 is 1.00 bits per heavy atom. The number of aryl methyl sites for hydroxylation is 3. The summed E-state index contributed by atoms with van der Waals surface area (Å²) in [6.45, 7) is 13.8. The highest BCUT2D eigenvalue weighted by atomic mass is 32.2. The Morgan fingerprint density at radius 2 is 1.62 bits per heavy atom. The lowest BCUT2D eigenvalue weighted by atomic mass is 9.59. The van der Waals surface area contributed by atoms with E-state index in [9.17, 15) is 31.2 Å². The van der Waals surface area contributed by atoms with E-state index >= 15 is 0 Å². The summed E-state index contributed by atoms with van der Waals surface area (Å²) < 4.78 is 84.0. The van der Waals surface area contributed by atoms with Gasteiger partial charge in [0, 0.05) is 30.8 Å². The van der Waals surface area contributed by atoms with Crippen molar-refractivity contribution in [3.63, 3.8) is 0 Å². The number of sulfonamides is 1. The van der Waals surface area contributed by atoms with E-state index in [2.05, 4.69) is 14.7 Å². The number of likely N-dealkylation sites (tertiary alicyclic amines) is 1. The van der Waals surface area contributed by atoms with Crippen LogP contribution in [0.2, 0.25) is 0 Å². The lowest BCUT2D eigenvalue weighted by molar-refractivity contribution is -0.219. The largest absolute Gasteiger partial charge is 0.475 e. The molecule has 2 aliphatic rings. The minimum Gasteiger partial charge on any atom is -0.475 e. The van der Waals surface area contributed by atoms with Crippen molar-refractivity contribution in [2.24, 2.45) is 10.8 Å². The van der Waals surface area contributed by atoms with Gasteiger partial charge in [0.25, 0.3) is 10.0 Å². The van der Waals surface area contributed by atoms with E-state index < -0.39 is 39.7 Å². The molecule has 1 aliphatic heterocycles. The monoisotopic (exact) mass is 787 g/mol. The summed E-state index contributed by atoms with van der Waals surface area (Å²) in [6, 6.07) is 12.1. The maximum absolute atomic E-state index is 14.3. The smallest absolute Gasteiger partial charge is 0.410 e. The van der Waals surface area contributed by atoms with Crippen molar-refractivity contribution in [3.05, 3.63) is 65.2 Å².